The summed E-state index contributed by atoms with van der Waals surface area (Å²) < 4.78 is 5.27. The SMILES string of the molecule is CO[C@@H]1OO[C@]12CC[C@@H]1CC(=O)CC[C@H]1C2. The number of rotatable bonds is 1. The van der Waals surface area contributed by atoms with E-state index in [0.717, 1.165) is 38.5 Å². The molecule has 3 fully saturated rings. The monoisotopic (exact) mass is 226 g/mol. The molecule has 1 aliphatic heterocycles. The van der Waals surface area contributed by atoms with Crippen LogP contribution < -0.4 is 0 Å². The van der Waals surface area contributed by atoms with Crippen molar-refractivity contribution in [3.63, 3.8) is 0 Å². The number of hydrogen-bond donors (Lipinski definition) is 0. The lowest BCUT2D eigenvalue weighted by Crippen LogP contribution is -2.60. The fraction of sp³-hybridized carbons (Fsp3) is 0.917. The van der Waals surface area contributed by atoms with Crippen LogP contribution in [0.3, 0.4) is 0 Å². The highest BCUT2D eigenvalue weighted by Crippen LogP contribution is 2.50. The number of fused-ring (bicyclic) bond motifs is 1. The molecule has 4 nitrogen and oxygen atoms in total. The lowest BCUT2D eigenvalue weighted by molar-refractivity contribution is -0.564. The van der Waals surface area contributed by atoms with Crippen molar-refractivity contribution in [2.24, 2.45) is 11.8 Å². The summed E-state index contributed by atoms with van der Waals surface area (Å²) in [6, 6.07) is 0. The van der Waals surface area contributed by atoms with Gasteiger partial charge in [-0.15, -0.1) is 0 Å². The lowest BCUT2D eigenvalue weighted by atomic mass is 9.65. The van der Waals surface area contributed by atoms with E-state index in [0.29, 0.717) is 17.6 Å². The lowest BCUT2D eigenvalue weighted by Gasteiger charge is -2.52. The van der Waals surface area contributed by atoms with Crippen LogP contribution in [0.4, 0.5) is 0 Å². The molecular weight excluding hydrogens is 208 g/mol. The van der Waals surface area contributed by atoms with Crippen molar-refractivity contribution in [2.75, 3.05) is 7.11 Å². The summed E-state index contributed by atoms with van der Waals surface area (Å²) in [4.78, 5) is 21.7. The third-order valence-electron chi connectivity index (χ3n) is 4.44. The molecule has 0 N–H and O–H groups in total. The first-order valence-electron chi connectivity index (χ1n) is 6.12. The van der Waals surface area contributed by atoms with E-state index in [9.17, 15) is 4.79 Å². The van der Waals surface area contributed by atoms with Crippen molar-refractivity contribution in [1.82, 2.24) is 0 Å². The zero-order valence-electron chi connectivity index (χ0n) is 9.61. The van der Waals surface area contributed by atoms with Gasteiger partial charge in [0.25, 0.3) is 0 Å². The van der Waals surface area contributed by atoms with Crippen LogP contribution in [0.2, 0.25) is 0 Å². The van der Waals surface area contributed by atoms with E-state index in [-0.39, 0.29) is 11.9 Å². The third-order valence-corrected chi connectivity index (χ3v) is 4.44. The van der Waals surface area contributed by atoms with Gasteiger partial charge in [0.1, 0.15) is 5.78 Å². The van der Waals surface area contributed by atoms with Gasteiger partial charge < -0.3 is 4.74 Å². The van der Waals surface area contributed by atoms with Gasteiger partial charge in [-0.2, -0.15) is 0 Å². The minimum absolute atomic E-state index is 0.203. The van der Waals surface area contributed by atoms with Crippen molar-refractivity contribution < 1.29 is 19.3 Å². The normalized spacial score (nSPS) is 47.6. The largest absolute Gasteiger partial charge is 0.351 e. The van der Waals surface area contributed by atoms with Crippen LogP contribution in [-0.2, 0) is 19.3 Å². The van der Waals surface area contributed by atoms with E-state index in [1.165, 1.54) is 0 Å². The number of hydrogen-bond acceptors (Lipinski definition) is 4. The molecule has 0 aromatic heterocycles. The summed E-state index contributed by atoms with van der Waals surface area (Å²) in [5, 5.41) is 0. The molecular formula is C12H18O4. The number of ether oxygens (including phenoxy) is 1. The van der Waals surface area contributed by atoms with Gasteiger partial charge in [0.2, 0.25) is 6.29 Å². The highest BCUT2D eigenvalue weighted by atomic mass is 17.3. The number of ketones is 1. The predicted octanol–water partition coefficient (Wildman–Crippen LogP) is 1.83. The van der Waals surface area contributed by atoms with Gasteiger partial charge in [-0.05, 0) is 37.5 Å². The molecule has 0 amide bonds. The summed E-state index contributed by atoms with van der Waals surface area (Å²) in [5.74, 6) is 1.63. The third kappa shape index (κ3) is 1.51. The smallest absolute Gasteiger partial charge is 0.223 e. The first-order valence-corrected chi connectivity index (χ1v) is 6.12. The maximum absolute atomic E-state index is 11.4. The molecule has 2 saturated carbocycles. The molecule has 4 heteroatoms. The highest BCUT2D eigenvalue weighted by Gasteiger charge is 2.56. The average molecular weight is 226 g/mol. The van der Waals surface area contributed by atoms with Gasteiger partial charge in [0.15, 0.2) is 5.60 Å². The van der Waals surface area contributed by atoms with Crippen LogP contribution in [-0.4, -0.2) is 24.8 Å². The molecule has 0 unspecified atom stereocenters. The molecule has 90 valence electrons. The molecule has 3 rings (SSSR count). The second kappa shape index (κ2) is 3.79. The Morgan fingerprint density at radius 3 is 2.94 bits per heavy atom. The number of Topliss-reactive ketones (excluding diaryl/α,β-unsaturated/α-hetero) is 1. The van der Waals surface area contributed by atoms with Crippen molar-refractivity contribution in [3.8, 4) is 0 Å². The Morgan fingerprint density at radius 2 is 2.25 bits per heavy atom. The van der Waals surface area contributed by atoms with E-state index in [2.05, 4.69) is 0 Å². The fourth-order valence-corrected chi connectivity index (χ4v) is 3.49. The summed E-state index contributed by atoms with van der Waals surface area (Å²) >= 11 is 0. The zero-order chi connectivity index (χ0) is 11.2. The van der Waals surface area contributed by atoms with Gasteiger partial charge in [0.05, 0.1) is 0 Å². The molecule has 1 saturated heterocycles. The molecule has 3 aliphatic rings. The number of carbonyl (C=O) groups is 1. The minimum atomic E-state index is -0.212. The first kappa shape index (κ1) is 10.7. The van der Waals surface area contributed by atoms with Crippen LogP contribution in [0.5, 0.6) is 0 Å². The molecule has 0 radical (unpaired) electrons. The molecule has 2 aliphatic carbocycles. The Labute approximate surface area is 95.2 Å². The van der Waals surface area contributed by atoms with Crippen LogP contribution >= 0.6 is 0 Å². The van der Waals surface area contributed by atoms with Gasteiger partial charge in [-0.1, -0.05) is 0 Å². The van der Waals surface area contributed by atoms with Gasteiger partial charge in [0, 0.05) is 20.0 Å². The maximum atomic E-state index is 11.4. The van der Waals surface area contributed by atoms with E-state index in [1.54, 1.807) is 7.11 Å². The Morgan fingerprint density at radius 1 is 1.38 bits per heavy atom. The van der Waals surface area contributed by atoms with E-state index in [1.807, 2.05) is 0 Å². The van der Waals surface area contributed by atoms with Crippen LogP contribution in [0.25, 0.3) is 0 Å². The van der Waals surface area contributed by atoms with Crippen molar-refractivity contribution >= 4 is 5.78 Å². The molecule has 1 heterocycles. The highest BCUT2D eigenvalue weighted by molar-refractivity contribution is 5.79. The van der Waals surface area contributed by atoms with Crippen molar-refractivity contribution in [1.29, 1.82) is 0 Å². The predicted molar refractivity (Wildman–Crippen MR) is 55.4 cm³/mol. The molecule has 16 heavy (non-hydrogen) atoms. The number of carbonyl (C=O) groups excluding carboxylic acids is 1. The minimum Gasteiger partial charge on any atom is -0.351 e. The van der Waals surface area contributed by atoms with Crippen LogP contribution in [0.1, 0.15) is 38.5 Å². The molecule has 0 bridgehead atoms. The summed E-state index contributed by atoms with van der Waals surface area (Å²) in [7, 11) is 1.66. The first-order chi connectivity index (χ1) is 7.73. The van der Waals surface area contributed by atoms with Crippen molar-refractivity contribution in [3.05, 3.63) is 0 Å². The Kier molecular flexibility index (Phi) is 2.53. The van der Waals surface area contributed by atoms with Crippen LogP contribution in [0.15, 0.2) is 0 Å². The standard InChI is InChI=1S/C12H18O4/c1-14-11-12(16-15-11)5-4-8-6-10(13)3-2-9(8)7-12/h8-9,11H,2-7H2,1H3/t8-,9+,11-,12+/m1/s1. The van der Waals surface area contributed by atoms with E-state index < -0.39 is 0 Å². The summed E-state index contributed by atoms with van der Waals surface area (Å²) in [6.45, 7) is 0. The topological polar surface area (TPSA) is 44.8 Å². The fourth-order valence-electron chi connectivity index (χ4n) is 3.49. The molecule has 0 aromatic rings. The second-order valence-electron chi connectivity index (χ2n) is 5.36. The van der Waals surface area contributed by atoms with E-state index >= 15 is 0 Å². The van der Waals surface area contributed by atoms with Gasteiger partial charge in [-0.25, -0.2) is 9.78 Å². The van der Waals surface area contributed by atoms with E-state index in [4.69, 9.17) is 14.5 Å². The summed E-state index contributed by atoms with van der Waals surface area (Å²) in [5.41, 5.74) is -0.212. The maximum Gasteiger partial charge on any atom is 0.223 e. The Balaban J connectivity index is 1.69. The number of methoxy groups -OCH3 is 1. The molecule has 0 aromatic carbocycles. The summed E-state index contributed by atoms with van der Waals surface area (Å²) in [6.07, 6.45) is 5.36. The van der Waals surface area contributed by atoms with Crippen molar-refractivity contribution in [2.45, 2.75) is 50.4 Å². The molecule has 4 atom stereocenters. The second-order valence-corrected chi connectivity index (χ2v) is 5.36. The quantitative estimate of drug-likeness (QED) is 0.640. The van der Waals surface area contributed by atoms with Gasteiger partial charge >= 0.3 is 0 Å². The molecule has 1 spiro atoms. The zero-order valence-corrected chi connectivity index (χ0v) is 9.61. The Bertz CT molecular complexity index is 301. The average Bonchev–Trinajstić information content (AvgIpc) is 2.27. The van der Waals surface area contributed by atoms with Gasteiger partial charge in [-0.3, -0.25) is 4.79 Å². The Hall–Kier alpha value is -0.450. The van der Waals surface area contributed by atoms with Crippen LogP contribution in [0, 0.1) is 11.8 Å².